The molecule has 5 rings (SSSR count). The molecule has 0 saturated heterocycles. The Morgan fingerprint density at radius 3 is 2.18 bits per heavy atom. The number of aliphatic hydroxyl groups is 1. The molecule has 3 aromatic carbocycles. The first kappa shape index (κ1) is 21.2. The van der Waals surface area contributed by atoms with Crippen LogP contribution in [0.4, 0.5) is 0 Å². The molecule has 0 bridgehead atoms. The Bertz CT molecular complexity index is 1170. The second-order valence-electron chi connectivity index (χ2n) is 8.34. The summed E-state index contributed by atoms with van der Waals surface area (Å²) < 4.78 is 10.9. The zero-order chi connectivity index (χ0) is 22.9. The Morgan fingerprint density at radius 2 is 1.58 bits per heavy atom. The van der Waals surface area contributed by atoms with E-state index in [1.165, 1.54) is 7.11 Å². The van der Waals surface area contributed by atoms with Crippen molar-refractivity contribution >= 4 is 17.2 Å². The molecule has 168 valence electrons. The van der Waals surface area contributed by atoms with E-state index in [2.05, 4.69) is 5.48 Å². The monoisotopic (exact) mass is 443 g/mol. The molecule has 0 aromatic heterocycles. The maximum absolute atomic E-state index is 12.6. The summed E-state index contributed by atoms with van der Waals surface area (Å²) in [6.45, 7) is 0.473. The lowest BCUT2D eigenvalue weighted by Gasteiger charge is -2.31. The van der Waals surface area contributed by atoms with Crippen molar-refractivity contribution < 1.29 is 24.2 Å². The van der Waals surface area contributed by atoms with Crippen LogP contribution in [0.5, 0.6) is 5.75 Å². The molecule has 1 aliphatic heterocycles. The molecule has 1 atom stereocenters. The predicted octanol–water partition coefficient (Wildman–Crippen LogP) is 4.31. The normalized spacial score (nSPS) is 20.8. The Kier molecular flexibility index (Phi) is 5.40. The van der Waals surface area contributed by atoms with Crippen molar-refractivity contribution in [3.05, 3.63) is 102 Å². The van der Waals surface area contributed by atoms with E-state index in [-0.39, 0.29) is 0 Å². The highest BCUT2D eigenvalue weighted by molar-refractivity contribution is 5.98. The van der Waals surface area contributed by atoms with Gasteiger partial charge in [-0.25, -0.2) is 4.84 Å². The third-order valence-electron chi connectivity index (χ3n) is 6.32. The van der Waals surface area contributed by atoms with Crippen LogP contribution >= 0.6 is 0 Å². The van der Waals surface area contributed by atoms with Gasteiger partial charge in [0.2, 0.25) is 5.79 Å². The lowest BCUT2D eigenvalue weighted by Crippen LogP contribution is -2.47. The molecule has 0 spiro atoms. The number of nitrogens with one attached hydrogen (secondary N) is 1. The summed E-state index contributed by atoms with van der Waals surface area (Å²) in [5.41, 5.74) is 5.53. The number of hydrogen-bond acceptors (Lipinski definition) is 6. The van der Waals surface area contributed by atoms with Gasteiger partial charge in [-0.3, -0.25) is 10.3 Å². The van der Waals surface area contributed by atoms with E-state index in [0.717, 1.165) is 22.4 Å². The van der Waals surface area contributed by atoms with E-state index in [0.29, 0.717) is 30.7 Å². The first-order chi connectivity index (χ1) is 16.1. The SMILES string of the molecule is COC(=O)C1(C2(O)ONC(c3ccc(OCc4ccccc4)cc3)=C2c2ccccc2)CC1. The fourth-order valence-corrected chi connectivity index (χ4v) is 4.34. The van der Waals surface area contributed by atoms with Crippen LogP contribution in [0.1, 0.15) is 29.5 Å². The molecule has 33 heavy (non-hydrogen) atoms. The van der Waals surface area contributed by atoms with Crippen molar-refractivity contribution in [3.8, 4) is 5.75 Å². The number of rotatable bonds is 7. The average molecular weight is 443 g/mol. The maximum atomic E-state index is 12.6. The number of carbonyl (C=O) groups is 1. The smallest absolute Gasteiger partial charge is 0.317 e. The largest absolute Gasteiger partial charge is 0.489 e. The van der Waals surface area contributed by atoms with Gasteiger partial charge in [0.05, 0.1) is 12.8 Å². The molecular weight excluding hydrogens is 418 g/mol. The number of esters is 1. The summed E-state index contributed by atoms with van der Waals surface area (Å²) in [6.07, 6.45) is 0.960. The number of carbonyl (C=O) groups excluding carboxylic acids is 1. The van der Waals surface area contributed by atoms with Gasteiger partial charge >= 0.3 is 5.97 Å². The quantitative estimate of drug-likeness (QED) is 0.530. The van der Waals surface area contributed by atoms with Crippen LogP contribution in [0.3, 0.4) is 0 Å². The summed E-state index contributed by atoms with van der Waals surface area (Å²) in [5.74, 6) is -1.60. The highest BCUT2D eigenvalue weighted by Gasteiger charge is 2.70. The highest BCUT2D eigenvalue weighted by atomic mass is 16.8. The van der Waals surface area contributed by atoms with Crippen molar-refractivity contribution in [2.75, 3.05) is 7.11 Å². The zero-order valence-corrected chi connectivity index (χ0v) is 18.3. The molecule has 1 unspecified atom stereocenters. The summed E-state index contributed by atoms with van der Waals surface area (Å²) in [4.78, 5) is 18.4. The van der Waals surface area contributed by atoms with Crippen molar-refractivity contribution in [2.45, 2.75) is 25.2 Å². The van der Waals surface area contributed by atoms with E-state index in [1.807, 2.05) is 84.9 Å². The van der Waals surface area contributed by atoms with Crippen LogP contribution in [0, 0.1) is 5.41 Å². The van der Waals surface area contributed by atoms with Gasteiger partial charge in [0.1, 0.15) is 17.8 Å². The number of ether oxygens (including phenoxy) is 2. The number of benzene rings is 3. The molecule has 1 saturated carbocycles. The van der Waals surface area contributed by atoms with Gasteiger partial charge < -0.3 is 14.6 Å². The first-order valence-corrected chi connectivity index (χ1v) is 10.9. The summed E-state index contributed by atoms with van der Waals surface area (Å²) in [7, 11) is 1.33. The molecule has 2 aliphatic rings. The minimum absolute atomic E-state index is 0.473. The van der Waals surface area contributed by atoms with Gasteiger partial charge in [0, 0.05) is 11.1 Å². The van der Waals surface area contributed by atoms with Crippen molar-refractivity contribution in [1.82, 2.24) is 5.48 Å². The van der Waals surface area contributed by atoms with Gasteiger partial charge in [-0.05, 0) is 48.2 Å². The van der Waals surface area contributed by atoms with Crippen molar-refractivity contribution in [3.63, 3.8) is 0 Å². The van der Waals surface area contributed by atoms with Crippen LogP contribution < -0.4 is 10.2 Å². The lowest BCUT2D eigenvalue weighted by molar-refractivity contribution is -0.223. The van der Waals surface area contributed by atoms with Gasteiger partial charge in [0.25, 0.3) is 0 Å². The average Bonchev–Trinajstić information content (AvgIpc) is 3.62. The fourth-order valence-electron chi connectivity index (χ4n) is 4.34. The Labute approximate surface area is 192 Å². The molecule has 1 aliphatic carbocycles. The van der Waals surface area contributed by atoms with Crippen LogP contribution in [0.2, 0.25) is 0 Å². The third-order valence-corrected chi connectivity index (χ3v) is 6.32. The molecule has 6 nitrogen and oxygen atoms in total. The van der Waals surface area contributed by atoms with Crippen molar-refractivity contribution in [2.24, 2.45) is 5.41 Å². The summed E-state index contributed by atoms with van der Waals surface area (Å²) in [6, 6.07) is 27.0. The molecule has 3 aromatic rings. The van der Waals surface area contributed by atoms with Crippen LogP contribution in [0.25, 0.3) is 11.3 Å². The maximum Gasteiger partial charge on any atom is 0.317 e. The highest BCUT2D eigenvalue weighted by Crippen LogP contribution is 2.62. The first-order valence-electron chi connectivity index (χ1n) is 10.9. The van der Waals surface area contributed by atoms with Gasteiger partial charge in [0.15, 0.2) is 0 Å². The minimum atomic E-state index is -1.85. The fraction of sp³-hybridized carbons (Fsp3) is 0.222. The van der Waals surface area contributed by atoms with E-state index in [9.17, 15) is 9.90 Å². The second kappa shape index (κ2) is 8.39. The van der Waals surface area contributed by atoms with Crippen molar-refractivity contribution in [1.29, 1.82) is 0 Å². The Morgan fingerprint density at radius 1 is 0.939 bits per heavy atom. The van der Waals surface area contributed by atoms with E-state index >= 15 is 0 Å². The Balaban J connectivity index is 1.49. The molecular formula is C27H25NO5. The number of methoxy groups -OCH3 is 1. The third kappa shape index (κ3) is 3.67. The number of hydroxylamine groups is 1. The van der Waals surface area contributed by atoms with E-state index in [4.69, 9.17) is 14.3 Å². The van der Waals surface area contributed by atoms with Crippen LogP contribution in [0.15, 0.2) is 84.9 Å². The standard InChI is InChI=1S/C27H25NO5/c1-31-25(29)26(16-17-26)27(30)23(20-10-6-3-7-11-20)24(28-33-27)21-12-14-22(15-13-21)32-18-19-8-4-2-5-9-19/h2-15,28,30H,16-18H2,1H3. The van der Waals surface area contributed by atoms with E-state index < -0.39 is 17.2 Å². The summed E-state index contributed by atoms with van der Waals surface area (Å²) >= 11 is 0. The van der Waals surface area contributed by atoms with Crippen LogP contribution in [-0.4, -0.2) is 24.0 Å². The molecule has 1 heterocycles. The second-order valence-corrected chi connectivity index (χ2v) is 8.34. The molecule has 1 fully saturated rings. The molecule has 6 heteroatoms. The van der Waals surface area contributed by atoms with E-state index in [1.54, 1.807) is 0 Å². The van der Waals surface area contributed by atoms with Gasteiger partial charge in [-0.15, -0.1) is 0 Å². The lowest BCUT2D eigenvalue weighted by atomic mass is 9.83. The van der Waals surface area contributed by atoms with Crippen LogP contribution in [-0.2, 0) is 21.0 Å². The van der Waals surface area contributed by atoms with Gasteiger partial charge in [-0.1, -0.05) is 60.7 Å². The minimum Gasteiger partial charge on any atom is -0.489 e. The molecule has 0 radical (unpaired) electrons. The molecule has 0 amide bonds. The number of hydrogen-bond donors (Lipinski definition) is 2. The van der Waals surface area contributed by atoms with Gasteiger partial charge in [-0.2, -0.15) is 0 Å². The topological polar surface area (TPSA) is 77.0 Å². The summed E-state index contributed by atoms with van der Waals surface area (Å²) in [5, 5.41) is 11.7. The Hall–Kier alpha value is -3.61. The predicted molar refractivity (Wildman–Crippen MR) is 123 cm³/mol. The zero-order valence-electron chi connectivity index (χ0n) is 18.3. The molecule has 2 N–H and O–H groups in total.